The first-order valence-corrected chi connectivity index (χ1v) is 5.45. The molecule has 0 aromatic carbocycles. The molecule has 18 heavy (non-hydrogen) atoms. The third-order valence-corrected chi connectivity index (χ3v) is 2.23. The lowest BCUT2D eigenvalue weighted by atomic mass is 10.1. The third-order valence-electron chi connectivity index (χ3n) is 2.23. The first kappa shape index (κ1) is 16.9. The highest BCUT2D eigenvalue weighted by Gasteiger charge is 2.65. The molecule has 0 N–H and O–H groups in total. The molecule has 106 valence electrons. The number of carbonyl (C=O) groups is 1. The zero-order valence-corrected chi connectivity index (χ0v) is 9.90. The molecule has 0 radical (unpaired) electrons. The maximum atomic E-state index is 12.6. The fourth-order valence-corrected chi connectivity index (χ4v) is 1.15. The average molecular weight is 274 g/mol. The van der Waals surface area contributed by atoms with E-state index in [0.717, 1.165) is 18.9 Å². The number of ether oxygens (including phenoxy) is 1. The Hall–Kier alpha value is -1.14. The minimum atomic E-state index is -5.95. The molecule has 0 rings (SSSR count). The monoisotopic (exact) mass is 274 g/mol. The zero-order valence-electron chi connectivity index (χ0n) is 9.90. The van der Waals surface area contributed by atoms with Crippen molar-refractivity contribution in [3.05, 3.63) is 12.7 Å². The number of hydrogen-bond acceptors (Lipinski definition) is 2. The molecule has 1 atom stereocenters. The number of alkyl halides is 5. The maximum absolute atomic E-state index is 12.6. The fraction of sp³-hybridized carbons (Fsp3) is 0.727. The van der Waals surface area contributed by atoms with Crippen LogP contribution in [-0.2, 0) is 9.53 Å². The van der Waals surface area contributed by atoms with E-state index >= 15 is 0 Å². The molecule has 0 saturated heterocycles. The second-order valence-electron chi connectivity index (χ2n) is 3.75. The highest BCUT2D eigenvalue weighted by molar-refractivity contribution is 5.78. The van der Waals surface area contributed by atoms with E-state index in [1.54, 1.807) is 0 Å². The van der Waals surface area contributed by atoms with Crippen molar-refractivity contribution in [1.82, 2.24) is 0 Å². The van der Waals surface area contributed by atoms with Gasteiger partial charge in [0, 0.05) is 0 Å². The van der Waals surface area contributed by atoms with Crippen LogP contribution in [0.2, 0.25) is 0 Å². The van der Waals surface area contributed by atoms with Gasteiger partial charge in [-0.2, -0.15) is 22.0 Å². The predicted octanol–water partition coefficient (Wildman–Crippen LogP) is 3.86. The van der Waals surface area contributed by atoms with Crippen LogP contribution in [0.3, 0.4) is 0 Å². The van der Waals surface area contributed by atoms with Gasteiger partial charge >= 0.3 is 18.1 Å². The summed E-state index contributed by atoms with van der Waals surface area (Å²) >= 11 is 0. The van der Waals surface area contributed by atoms with E-state index in [0.29, 0.717) is 6.42 Å². The van der Waals surface area contributed by atoms with Gasteiger partial charge in [0.15, 0.2) is 0 Å². The summed E-state index contributed by atoms with van der Waals surface area (Å²) in [6.07, 6.45) is -3.69. The van der Waals surface area contributed by atoms with Gasteiger partial charge in [-0.1, -0.05) is 32.4 Å². The van der Waals surface area contributed by atoms with Crippen LogP contribution in [0, 0.1) is 0 Å². The minimum absolute atomic E-state index is 0.178. The summed E-state index contributed by atoms with van der Waals surface area (Å²) in [6, 6.07) is 0. The van der Waals surface area contributed by atoms with Crippen molar-refractivity contribution >= 4 is 5.97 Å². The molecule has 0 aromatic rings. The van der Waals surface area contributed by atoms with Crippen LogP contribution < -0.4 is 0 Å². The molecule has 0 heterocycles. The molecule has 0 aromatic heterocycles. The van der Waals surface area contributed by atoms with Crippen molar-refractivity contribution < 1.29 is 31.5 Å². The van der Waals surface area contributed by atoms with Gasteiger partial charge in [0.25, 0.3) is 0 Å². The zero-order chi connectivity index (χ0) is 14.4. The Morgan fingerprint density at radius 2 is 1.83 bits per heavy atom. The number of unbranched alkanes of at least 4 members (excludes halogenated alkanes) is 2. The topological polar surface area (TPSA) is 26.3 Å². The van der Waals surface area contributed by atoms with Crippen LogP contribution in [0.25, 0.3) is 0 Å². The Balaban J connectivity index is 4.48. The summed E-state index contributed by atoms with van der Waals surface area (Å²) in [4.78, 5) is 10.8. The molecule has 7 heteroatoms. The molecular weight excluding hydrogens is 259 g/mol. The Kier molecular flexibility index (Phi) is 6.28. The van der Waals surface area contributed by atoms with Gasteiger partial charge in [0.2, 0.25) is 0 Å². The van der Waals surface area contributed by atoms with Crippen LogP contribution >= 0.6 is 0 Å². The van der Waals surface area contributed by atoms with Crippen molar-refractivity contribution in [3.63, 3.8) is 0 Å². The van der Waals surface area contributed by atoms with Crippen molar-refractivity contribution in [1.29, 1.82) is 0 Å². The average Bonchev–Trinajstić information content (AvgIpc) is 2.26. The summed E-state index contributed by atoms with van der Waals surface area (Å²) in [5.41, 5.74) is 0. The molecule has 0 fully saturated rings. The largest absolute Gasteiger partial charge is 0.465 e. The number of esters is 1. The Labute approximate surface area is 102 Å². The lowest BCUT2D eigenvalue weighted by molar-refractivity contribution is -0.281. The van der Waals surface area contributed by atoms with E-state index in [9.17, 15) is 26.7 Å². The highest BCUT2D eigenvalue weighted by Crippen LogP contribution is 2.36. The minimum Gasteiger partial charge on any atom is -0.453 e. The van der Waals surface area contributed by atoms with Gasteiger partial charge < -0.3 is 4.74 Å². The quantitative estimate of drug-likeness (QED) is 0.305. The first-order chi connectivity index (χ1) is 8.16. The molecular formula is C11H15F5O2. The van der Waals surface area contributed by atoms with E-state index in [-0.39, 0.29) is 6.42 Å². The Bertz CT molecular complexity index is 286. The van der Waals surface area contributed by atoms with Crippen LogP contribution in [0.5, 0.6) is 0 Å². The molecule has 0 aliphatic heterocycles. The van der Waals surface area contributed by atoms with Crippen molar-refractivity contribution in [2.24, 2.45) is 0 Å². The first-order valence-electron chi connectivity index (χ1n) is 5.45. The third kappa shape index (κ3) is 4.62. The van der Waals surface area contributed by atoms with Crippen molar-refractivity contribution in [2.45, 2.75) is 50.8 Å². The van der Waals surface area contributed by atoms with Crippen molar-refractivity contribution in [3.8, 4) is 0 Å². The fourth-order valence-electron chi connectivity index (χ4n) is 1.15. The van der Waals surface area contributed by atoms with Gasteiger partial charge in [0.1, 0.15) is 6.10 Å². The van der Waals surface area contributed by atoms with Gasteiger partial charge in [-0.15, -0.1) is 0 Å². The molecule has 0 aliphatic carbocycles. The Morgan fingerprint density at radius 3 is 2.22 bits per heavy atom. The highest BCUT2D eigenvalue weighted by atomic mass is 19.4. The van der Waals surface area contributed by atoms with Gasteiger partial charge in [-0.05, 0) is 12.8 Å². The molecule has 0 spiro atoms. The van der Waals surface area contributed by atoms with Crippen LogP contribution in [0.15, 0.2) is 12.7 Å². The summed E-state index contributed by atoms with van der Waals surface area (Å²) in [6.45, 7) is 5.13. The smallest absolute Gasteiger partial charge is 0.453 e. The maximum Gasteiger partial charge on any atom is 0.465 e. The molecule has 0 bridgehead atoms. The molecule has 0 saturated carbocycles. The summed E-state index contributed by atoms with van der Waals surface area (Å²) in [5, 5.41) is 0. The van der Waals surface area contributed by atoms with E-state index in [4.69, 9.17) is 0 Å². The lowest BCUT2D eigenvalue weighted by Crippen LogP contribution is -2.46. The number of hydrogen-bond donors (Lipinski definition) is 0. The second kappa shape index (κ2) is 6.70. The predicted molar refractivity (Wildman–Crippen MR) is 55.2 cm³/mol. The second-order valence-corrected chi connectivity index (χ2v) is 3.75. The normalized spacial score (nSPS) is 14.1. The number of carbonyl (C=O) groups excluding carboxylic acids is 1. The lowest BCUT2D eigenvalue weighted by Gasteiger charge is -2.21. The van der Waals surface area contributed by atoms with Crippen molar-refractivity contribution in [2.75, 3.05) is 0 Å². The Morgan fingerprint density at radius 1 is 1.28 bits per heavy atom. The van der Waals surface area contributed by atoms with E-state index in [2.05, 4.69) is 11.3 Å². The van der Waals surface area contributed by atoms with Gasteiger partial charge in [0.05, 0.1) is 0 Å². The van der Waals surface area contributed by atoms with Crippen LogP contribution in [0.4, 0.5) is 22.0 Å². The van der Waals surface area contributed by atoms with Gasteiger partial charge in [-0.3, -0.25) is 0 Å². The summed E-state index contributed by atoms with van der Waals surface area (Å²) < 4.78 is 64.9. The standard InChI is InChI=1S/C11H15F5O2/c1-3-5-6-7-8(4-2)18-9(17)10(12,13)11(14,15)16/h4,8H,2-3,5-7H2,1H3. The molecule has 2 nitrogen and oxygen atoms in total. The van der Waals surface area contributed by atoms with E-state index < -0.39 is 24.2 Å². The SMILES string of the molecule is C=CC(CCCCC)OC(=O)C(F)(F)C(F)(F)F. The van der Waals surface area contributed by atoms with Crippen LogP contribution in [0.1, 0.15) is 32.6 Å². The summed E-state index contributed by atoms with van der Waals surface area (Å²) in [5.74, 6) is -8.07. The van der Waals surface area contributed by atoms with Crippen LogP contribution in [-0.4, -0.2) is 24.2 Å². The molecule has 0 amide bonds. The summed E-state index contributed by atoms with van der Waals surface area (Å²) in [7, 11) is 0. The molecule has 0 aliphatic rings. The van der Waals surface area contributed by atoms with Gasteiger partial charge in [-0.25, -0.2) is 4.79 Å². The number of halogens is 5. The molecule has 1 unspecified atom stereocenters. The van der Waals surface area contributed by atoms with E-state index in [1.807, 2.05) is 6.92 Å². The number of rotatable bonds is 7. The van der Waals surface area contributed by atoms with E-state index in [1.165, 1.54) is 0 Å².